The van der Waals surface area contributed by atoms with Gasteiger partial charge in [-0.05, 0) is 6.42 Å². The van der Waals surface area contributed by atoms with E-state index in [2.05, 4.69) is 5.32 Å². The van der Waals surface area contributed by atoms with Gasteiger partial charge in [0, 0.05) is 5.56 Å². The lowest BCUT2D eigenvalue weighted by molar-refractivity contribution is -0.350. The highest BCUT2D eigenvalue weighted by molar-refractivity contribution is 6.10. The normalized spacial score (nSPS) is 40.4. The Labute approximate surface area is 282 Å². The Balaban J connectivity index is 1.67. The molecule has 0 radical (unpaired) electrons. The van der Waals surface area contributed by atoms with Gasteiger partial charge in [-0.15, -0.1) is 0 Å². The number of amides is 1. The van der Waals surface area contributed by atoms with Gasteiger partial charge in [0.2, 0.25) is 5.91 Å². The summed E-state index contributed by atoms with van der Waals surface area (Å²) in [5.41, 5.74) is 12.2. The van der Waals surface area contributed by atoms with Crippen LogP contribution in [-0.2, 0) is 28.5 Å². The van der Waals surface area contributed by atoms with Crippen LogP contribution in [0.3, 0.4) is 0 Å². The zero-order valence-electron chi connectivity index (χ0n) is 27.0. The van der Waals surface area contributed by atoms with Crippen LogP contribution in [0.2, 0.25) is 0 Å². The van der Waals surface area contributed by atoms with Crippen molar-refractivity contribution >= 4 is 11.7 Å². The van der Waals surface area contributed by atoms with E-state index in [1.165, 1.54) is 0 Å². The van der Waals surface area contributed by atoms with E-state index in [0.717, 1.165) is 0 Å². The molecule has 0 bridgehead atoms. The Bertz CT molecular complexity index is 1200. The van der Waals surface area contributed by atoms with Crippen molar-refractivity contribution in [3.05, 3.63) is 35.9 Å². The van der Waals surface area contributed by atoms with Crippen molar-refractivity contribution in [2.75, 3.05) is 19.8 Å². The van der Waals surface area contributed by atoms with Crippen molar-refractivity contribution in [2.45, 2.75) is 118 Å². The number of aliphatic hydroxyl groups excluding tert-OH is 8. The van der Waals surface area contributed by atoms with Crippen LogP contribution in [0.15, 0.2) is 30.3 Å². The zero-order valence-corrected chi connectivity index (χ0v) is 27.0. The molecular formula is C31H49N3O15. The molecule has 3 aliphatic heterocycles. The number of Topliss-reactive ketones (excluding diaryl/α,β-unsaturated/α-hetero) is 1. The number of nitrogens with two attached hydrogens (primary N) is 2. The summed E-state index contributed by atoms with van der Waals surface area (Å²) in [6.07, 6.45) is -17.5. The molecule has 0 aliphatic carbocycles. The number of unbranched alkanes of at least 4 members (excludes halogenated alkanes) is 1. The first kappa shape index (κ1) is 39.5. The lowest BCUT2D eigenvalue weighted by Gasteiger charge is -2.49. The van der Waals surface area contributed by atoms with Crippen LogP contribution >= 0.6 is 0 Å². The molecule has 3 saturated heterocycles. The Kier molecular flexibility index (Phi) is 14.4. The first-order chi connectivity index (χ1) is 23.4. The minimum atomic E-state index is -1.83. The first-order valence-electron chi connectivity index (χ1n) is 16.3. The summed E-state index contributed by atoms with van der Waals surface area (Å²) >= 11 is 0. The topological polar surface area (TPSA) is 306 Å². The second-order valence-electron chi connectivity index (χ2n) is 12.5. The van der Waals surface area contributed by atoms with E-state index in [4.69, 9.17) is 35.2 Å². The van der Waals surface area contributed by atoms with Crippen LogP contribution in [0.1, 0.15) is 36.5 Å². The van der Waals surface area contributed by atoms with Crippen LogP contribution < -0.4 is 16.8 Å². The molecule has 1 amide bonds. The quantitative estimate of drug-likeness (QED) is 0.0639. The molecule has 3 heterocycles. The standard InChI is InChI=1S/C31H49N3O15/c1-2-3-9-14(21(38)13-7-5-4-6-8-13)28(43)34-20-25(42)27(48-30-19(33)23(40)22(39)15(10-35)46-30)17(12-37)47-31(20)49-26-16(11-36)45-29(44)18(32)24(26)41/h4-8,14-20,22-27,29-31,35-37,39-42,44H,2-3,9-12,32-33H2,1H3,(H,34,43)/t14?,15-,16-,17-,18-,19-,20-,22-,23-,24-,25-,26?,27?,29-,30+,31+/m1/s1. The van der Waals surface area contributed by atoms with Crippen LogP contribution in [0.4, 0.5) is 0 Å². The highest BCUT2D eigenvalue weighted by atomic mass is 16.7. The van der Waals surface area contributed by atoms with Crippen molar-refractivity contribution in [1.82, 2.24) is 5.32 Å². The number of ether oxygens (including phenoxy) is 5. The smallest absolute Gasteiger partial charge is 0.231 e. The molecule has 1 aromatic rings. The van der Waals surface area contributed by atoms with Gasteiger partial charge in [0.15, 0.2) is 24.7 Å². The number of benzene rings is 1. The molecule has 3 aliphatic rings. The number of aliphatic hydroxyl groups is 8. The number of hydrogen-bond acceptors (Lipinski definition) is 17. The van der Waals surface area contributed by atoms with Crippen LogP contribution in [0, 0.1) is 5.92 Å². The van der Waals surface area contributed by atoms with E-state index in [1.807, 2.05) is 6.92 Å². The fourth-order valence-electron chi connectivity index (χ4n) is 6.17. The Morgan fingerprint density at radius 2 is 1.35 bits per heavy atom. The Hall–Kier alpha value is -2.24. The number of hydrogen-bond donors (Lipinski definition) is 11. The summed E-state index contributed by atoms with van der Waals surface area (Å²) in [5.74, 6) is -2.53. The molecule has 49 heavy (non-hydrogen) atoms. The summed E-state index contributed by atoms with van der Waals surface area (Å²) in [7, 11) is 0. The molecule has 13 N–H and O–H groups in total. The summed E-state index contributed by atoms with van der Waals surface area (Å²) < 4.78 is 28.6. The van der Waals surface area contributed by atoms with Crippen LogP contribution in [0.5, 0.6) is 0 Å². The van der Waals surface area contributed by atoms with E-state index in [0.29, 0.717) is 12.8 Å². The molecule has 4 rings (SSSR count). The van der Waals surface area contributed by atoms with Crippen molar-refractivity contribution in [2.24, 2.45) is 17.4 Å². The molecule has 16 atom stereocenters. The van der Waals surface area contributed by atoms with E-state index >= 15 is 0 Å². The monoisotopic (exact) mass is 703 g/mol. The SMILES string of the molecule is CCCCC(C(=O)N[C@H]1[C@H](OC2[C@@H](CO)O[C@@H](O)[C@H](N)[C@H]2O)O[C@H](CO)C(O[C@@H]2O[C@H](CO)[C@@H](O)[C@H](O)[C@H]2N)[C@@H]1O)C(=O)c1ccccc1. The van der Waals surface area contributed by atoms with Crippen molar-refractivity contribution in [3.8, 4) is 0 Å². The third kappa shape index (κ3) is 8.80. The van der Waals surface area contributed by atoms with E-state index in [9.17, 15) is 50.4 Å². The maximum absolute atomic E-state index is 13.9. The molecule has 3 unspecified atom stereocenters. The van der Waals surface area contributed by atoms with E-state index in [-0.39, 0.29) is 12.0 Å². The molecule has 0 aromatic heterocycles. The fraction of sp³-hybridized carbons (Fsp3) is 0.742. The molecule has 1 aromatic carbocycles. The number of ketones is 1. The van der Waals surface area contributed by atoms with Crippen molar-refractivity contribution in [3.63, 3.8) is 0 Å². The minimum Gasteiger partial charge on any atom is -0.394 e. The lowest BCUT2D eigenvalue weighted by atomic mass is 9.90. The van der Waals surface area contributed by atoms with E-state index in [1.54, 1.807) is 30.3 Å². The number of nitrogens with one attached hydrogen (secondary N) is 1. The minimum absolute atomic E-state index is 0.145. The number of carbonyl (C=O) groups is 2. The molecule has 18 nitrogen and oxygen atoms in total. The summed E-state index contributed by atoms with van der Waals surface area (Å²) in [6.45, 7) is -0.423. The highest BCUT2D eigenvalue weighted by Crippen LogP contribution is 2.32. The van der Waals surface area contributed by atoms with Gasteiger partial charge in [-0.1, -0.05) is 50.1 Å². The second kappa shape index (κ2) is 17.8. The third-order valence-electron chi connectivity index (χ3n) is 9.13. The third-order valence-corrected chi connectivity index (χ3v) is 9.13. The van der Waals surface area contributed by atoms with Gasteiger partial charge in [-0.2, -0.15) is 0 Å². The number of rotatable bonds is 14. The molecule has 0 saturated carbocycles. The molecule has 3 fully saturated rings. The average Bonchev–Trinajstić information content (AvgIpc) is 3.11. The predicted molar refractivity (Wildman–Crippen MR) is 165 cm³/mol. The largest absolute Gasteiger partial charge is 0.394 e. The van der Waals surface area contributed by atoms with Crippen LogP contribution in [-0.4, -0.2) is 164 Å². The molecule has 0 spiro atoms. The van der Waals surface area contributed by atoms with Gasteiger partial charge in [0.25, 0.3) is 0 Å². The molecule has 278 valence electrons. The highest BCUT2D eigenvalue weighted by Gasteiger charge is 2.54. The van der Waals surface area contributed by atoms with Crippen molar-refractivity contribution < 1.29 is 74.1 Å². The van der Waals surface area contributed by atoms with Crippen molar-refractivity contribution in [1.29, 1.82) is 0 Å². The van der Waals surface area contributed by atoms with Gasteiger partial charge in [0.1, 0.15) is 66.9 Å². The lowest BCUT2D eigenvalue weighted by Crippen LogP contribution is -2.70. The van der Waals surface area contributed by atoms with Crippen LogP contribution in [0.25, 0.3) is 0 Å². The fourth-order valence-corrected chi connectivity index (χ4v) is 6.17. The summed E-state index contributed by atoms with van der Waals surface area (Å²) in [4.78, 5) is 27.4. The average molecular weight is 704 g/mol. The van der Waals surface area contributed by atoms with Gasteiger partial charge in [-0.3, -0.25) is 9.59 Å². The Morgan fingerprint density at radius 1 is 0.776 bits per heavy atom. The number of carbonyl (C=O) groups excluding carboxylic acids is 2. The molecule has 18 heteroatoms. The van der Waals surface area contributed by atoms with E-state index < -0.39 is 129 Å². The molecular weight excluding hydrogens is 654 g/mol. The summed E-state index contributed by atoms with van der Waals surface area (Å²) in [5, 5.41) is 85.8. The second-order valence-corrected chi connectivity index (χ2v) is 12.5. The first-order valence-corrected chi connectivity index (χ1v) is 16.3. The summed E-state index contributed by atoms with van der Waals surface area (Å²) in [6, 6.07) is 3.72. The maximum Gasteiger partial charge on any atom is 0.231 e. The van der Waals surface area contributed by atoms with Gasteiger partial charge < -0.3 is 81.3 Å². The zero-order chi connectivity index (χ0) is 36.0. The maximum atomic E-state index is 13.9. The van der Waals surface area contributed by atoms with Gasteiger partial charge >= 0.3 is 0 Å². The predicted octanol–water partition coefficient (Wildman–Crippen LogP) is -4.83. The van der Waals surface area contributed by atoms with Gasteiger partial charge in [0.05, 0.1) is 31.9 Å². The Morgan fingerprint density at radius 3 is 1.96 bits per heavy atom. The van der Waals surface area contributed by atoms with Gasteiger partial charge in [-0.25, -0.2) is 0 Å².